The smallest absolute Gasteiger partial charge is 0.228 e. The van der Waals surface area contributed by atoms with E-state index in [-0.39, 0.29) is 24.2 Å². The number of nitrogens with zero attached hydrogens (tertiary/aromatic N) is 3. The van der Waals surface area contributed by atoms with Gasteiger partial charge in [0.2, 0.25) is 11.8 Å². The Morgan fingerprint density at radius 1 is 0.967 bits per heavy atom. The Hall–Kier alpha value is -2.73. The van der Waals surface area contributed by atoms with Gasteiger partial charge in [-0.1, -0.05) is 11.6 Å². The third kappa shape index (κ3) is 4.38. The Morgan fingerprint density at radius 2 is 1.67 bits per heavy atom. The second-order valence-electron chi connectivity index (χ2n) is 7.75. The standard InChI is InChI=1S/C23H26ClN3O3/c1-30-21-9-7-19(8-10-21)25-11-2-12-26(14-13-25)23(29)17-15-22(28)27(16-17)20-5-3-18(24)4-6-20/h3-10,17H,2,11-16H2,1H3. The molecule has 0 aliphatic carbocycles. The van der Waals surface area contributed by atoms with Crippen molar-refractivity contribution in [2.75, 3.05) is 49.6 Å². The van der Waals surface area contributed by atoms with Crippen LogP contribution in [0.4, 0.5) is 11.4 Å². The molecule has 2 aliphatic rings. The number of halogens is 1. The largest absolute Gasteiger partial charge is 0.497 e. The summed E-state index contributed by atoms with van der Waals surface area (Å²) in [6, 6.07) is 15.2. The molecule has 158 valence electrons. The van der Waals surface area contributed by atoms with Crippen LogP contribution in [0.1, 0.15) is 12.8 Å². The molecule has 1 unspecified atom stereocenters. The van der Waals surface area contributed by atoms with E-state index < -0.39 is 0 Å². The predicted molar refractivity (Wildman–Crippen MR) is 118 cm³/mol. The Labute approximate surface area is 182 Å². The Balaban J connectivity index is 1.38. The minimum Gasteiger partial charge on any atom is -0.497 e. The minimum absolute atomic E-state index is 0.00893. The van der Waals surface area contributed by atoms with E-state index in [2.05, 4.69) is 17.0 Å². The summed E-state index contributed by atoms with van der Waals surface area (Å²) < 4.78 is 5.23. The molecule has 0 spiro atoms. The van der Waals surface area contributed by atoms with Gasteiger partial charge in [-0.3, -0.25) is 9.59 Å². The highest BCUT2D eigenvalue weighted by Gasteiger charge is 2.37. The molecule has 0 radical (unpaired) electrons. The maximum atomic E-state index is 13.1. The normalized spacial score (nSPS) is 19.7. The van der Waals surface area contributed by atoms with E-state index in [1.807, 2.05) is 29.2 Å². The molecule has 30 heavy (non-hydrogen) atoms. The lowest BCUT2D eigenvalue weighted by molar-refractivity contribution is -0.135. The first-order valence-electron chi connectivity index (χ1n) is 10.3. The highest BCUT2D eigenvalue weighted by Crippen LogP contribution is 2.28. The van der Waals surface area contributed by atoms with Gasteiger partial charge in [0, 0.05) is 55.5 Å². The fourth-order valence-corrected chi connectivity index (χ4v) is 4.32. The van der Waals surface area contributed by atoms with Crippen molar-refractivity contribution in [1.82, 2.24) is 4.90 Å². The van der Waals surface area contributed by atoms with Crippen LogP contribution in [0.3, 0.4) is 0 Å². The number of rotatable bonds is 4. The van der Waals surface area contributed by atoms with E-state index in [9.17, 15) is 9.59 Å². The average Bonchev–Trinajstić information content (AvgIpc) is 2.99. The van der Waals surface area contributed by atoms with E-state index in [0.717, 1.165) is 43.2 Å². The van der Waals surface area contributed by atoms with Crippen LogP contribution in [0.2, 0.25) is 5.02 Å². The van der Waals surface area contributed by atoms with Gasteiger partial charge in [0.25, 0.3) is 0 Å². The number of carbonyl (C=O) groups excluding carboxylic acids is 2. The minimum atomic E-state index is -0.291. The van der Waals surface area contributed by atoms with Crippen molar-refractivity contribution < 1.29 is 14.3 Å². The van der Waals surface area contributed by atoms with Crippen LogP contribution in [0, 0.1) is 5.92 Å². The van der Waals surface area contributed by atoms with Gasteiger partial charge in [-0.2, -0.15) is 0 Å². The first kappa shape index (κ1) is 20.5. The molecule has 7 heteroatoms. The van der Waals surface area contributed by atoms with Gasteiger partial charge in [0.1, 0.15) is 5.75 Å². The van der Waals surface area contributed by atoms with E-state index in [1.54, 1.807) is 24.1 Å². The van der Waals surface area contributed by atoms with E-state index in [0.29, 0.717) is 18.1 Å². The molecule has 2 heterocycles. The SMILES string of the molecule is COc1ccc(N2CCCN(C(=O)C3CC(=O)N(c4ccc(Cl)cc4)C3)CC2)cc1. The summed E-state index contributed by atoms with van der Waals surface area (Å²) in [4.78, 5) is 31.6. The van der Waals surface area contributed by atoms with Crippen molar-refractivity contribution in [2.24, 2.45) is 5.92 Å². The molecule has 6 nitrogen and oxygen atoms in total. The first-order valence-corrected chi connectivity index (χ1v) is 10.7. The molecule has 2 aromatic carbocycles. The number of anilines is 2. The Kier molecular flexibility index (Phi) is 6.13. The van der Waals surface area contributed by atoms with Crippen LogP contribution < -0.4 is 14.5 Å². The molecule has 0 aromatic heterocycles. The summed E-state index contributed by atoms with van der Waals surface area (Å²) in [6.07, 6.45) is 1.17. The third-order valence-corrected chi connectivity index (χ3v) is 6.11. The number of ether oxygens (including phenoxy) is 1. The maximum absolute atomic E-state index is 13.1. The van der Waals surface area contributed by atoms with E-state index in [1.165, 1.54) is 0 Å². The highest BCUT2D eigenvalue weighted by molar-refractivity contribution is 6.30. The molecule has 1 atom stereocenters. The number of methoxy groups -OCH3 is 1. The highest BCUT2D eigenvalue weighted by atomic mass is 35.5. The summed E-state index contributed by atoms with van der Waals surface area (Å²) >= 11 is 5.95. The van der Waals surface area contributed by atoms with Crippen LogP contribution in [0.15, 0.2) is 48.5 Å². The van der Waals surface area contributed by atoms with Crippen molar-refractivity contribution in [3.63, 3.8) is 0 Å². The second kappa shape index (κ2) is 8.96. The van der Waals surface area contributed by atoms with Crippen LogP contribution in [-0.2, 0) is 9.59 Å². The fraction of sp³-hybridized carbons (Fsp3) is 0.391. The van der Waals surface area contributed by atoms with Crippen molar-refractivity contribution >= 4 is 34.8 Å². The van der Waals surface area contributed by atoms with Gasteiger partial charge < -0.3 is 19.4 Å². The van der Waals surface area contributed by atoms with Gasteiger partial charge in [0.05, 0.1) is 13.0 Å². The summed E-state index contributed by atoms with van der Waals surface area (Å²) in [6.45, 7) is 3.49. The number of benzene rings is 2. The molecule has 2 fully saturated rings. The van der Waals surface area contributed by atoms with Crippen LogP contribution in [0.25, 0.3) is 0 Å². The van der Waals surface area contributed by atoms with Gasteiger partial charge >= 0.3 is 0 Å². The van der Waals surface area contributed by atoms with Crippen LogP contribution >= 0.6 is 11.6 Å². The number of amides is 2. The zero-order chi connectivity index (χ0) is 21.1. The summed E-state index contributed by atoms with van der Waals surface area (Å²) in [7, 11) is 1.66. The summed E-state index contributed by atoms with van der Waals surface area (Å²) in [5.41, 5.74) is 1.93. The van der Waals surface area contributed by atoms with Crippen LogP contribution in [-0.4, -0.2) is 56.5 Å². The lowest BCUT2D eigenvalue weighted by Crippen LogP contribution is -2.40. The summed E-state index contributed by atoms with van der Waals surface area (Å²) in [5, 5.41) is 0.629. The molecule has 2 aliphatic heterocycles. The Morgan fingerprint density at radius 3 is 2.37 bits per heavy atom. The first-order chi connectivity index (χ1) is 14.5. The molecule has 2 aromatic rings. The van der Waals surface area contributed by atoms with Crippen molar-refractivity contribution in [2.45, 2.75) is 12.8 Å². The fourth-order valence-electron chi connectivity index (χ4n) is 4.19. The summed E-state index contributed by atoms with van der Waals surface area (Å²) in [5.74, 6) is 0.615. The third-order valence-electron chi connectivity index (χ3n) is 5.86. The monoisotopic (exact) mass is 427 g/mol. The molecular formula is C23H26ClN3O3. The zero-order valence-electron chi connectivity index (χ0n) is 17.1. The predicted octanol–water partition coefficient (Wildman–Crippen LogP) is 3.44. The number of hydrogen-bond donors (Lipinski definition) is 0. The van der Waals surface area contributed by atoms with E-state index >= 15 is 0 Å². The Bertz CT molecular complexity index is 901. The van der Waals surface area contributed by atoms with Gasteiger partial charge in [0.15, 0.2) is 0 Å². The lowest BCUT2D eigenvalue weighted by atomic mass is 10.1. The van der Waals surface area contributed by atoms with Gasteiger partial charge in [-0.05, 0) is 55.0 Å². The maximum Gasteiger partial charge on any atom is 0.228 e. The van der Waals surface area contributed by atoms with Crippen molar-refractivity contribution in [1.29, 1.82) is 0 Å². The van der Waals surface area contributed by atoms with E-state index in [4.69, 9.17) is 16.3 Å². The van der Waals surface area contributed by atoms with Crippen molar-refractivity contribution in [3.05, 3.63) is 53.6 Å². The quantitative estimate of drug-likeness (QED) is 0.750. The van der Waals surface area contributed by atoms with Crippen molar-refractivity contribution in [3.8, 4) is 5.75 Å². The molecule has 0 saturated carbocycles. The van der Waals surface area contributed by atoms with Gasteiger partial charge in [-0.25, -0.2) is 0 Å². The number of carbonyl (C=O) groups is 2. The average molecular weight is 428 g/mol. The molecule has 0 N–H and O–H groups in total. The second-order valence-corrected chi connectivity index (χ2v) is 8.18. The molecule has 2 amide bonds. The number of hydrogen-bond acceptors (Lipinski definition) is 4. The molecule has 2 saturated heterocycles. The van der Waals surface area contributed by atoms with Gasteiger partial charge in [-0.15, -0.1) is 0 Å². The molecule has 4 rings (SSSR count). The van der Waals surface area contributed by atoms with Crippen LogP contribution in [0.5, 0.6) is 5.75 Å². The molecule has 0 bridgehead atoms. The zero-order valence-corrected chi connectivity index (χ0v) is 17.8. The molecular weight excluding hydrogens is 402 g/mol. The topological polar surface area (TPSA) is 53.1 Å². The lowest BCUT2D eigenvalue weighted by Gasteiger charge is -2.25.